The average molecular weight is 290 g/mol. The zero-order valence-electron chi connectivity index (χ0n) is 9.96. The lowest BCUT2D eigenvalue weighted by atomic mass is 9.90. The highest BCUT2D eigenvalue weighted by Gasteiger charge is 2.32. The summed E-state index contributed by atoms with van der Waals surface area (Å²) in [6, 6.07) is 4.59. The number of benzene rings is 1. The summed E-state index contributed by atoms with van der Waals surface area (Å²) in [6.45, 7) is 3.75. The minimum absolute atomic E-state index is 0.313. The molecule has 0 saturated carbocycles. The molecular formula is C12H17BrFNO. The van der Waals surface area contributed by atoms with Crippen LogP contribution in [0.2, 0.25) is 0 Å². The van der Waals surface area contributed by atoms with E-state index in [2.05, 4.69) is 15.9 Å². The first kappa shape index (κ1) is 13.6. The molecule has 1 rings (SSSR count). The Bertz CT molecular complexity index is 379. The van der Waals surface area contributed by atoms with Crippen LogP contribution in [0.25, 0.3) is 0 Å². The van der Waals surface area contributed by atoms with E-state index in [9.17, 15) is 9.50 Å². The first-order valence-corrected chi connectivity index (χ1v) is 5.86. The van der Waals surface area contributed by atoms with E-state index < -0.39 is 11.6 Å². The van der Waals surface area contributed by atoms with Gasteiger partial charge in [-0.15, -0.1) is 0 Å². The van der Waals surface area contributed by atoms with E-state index in [0.717, 1.165) is 4.47 Å². The molecule has 0 bridgehead atoms. The van der Waals surface area contributed by atoms with Gasteiger partial charge in [-0.2, -0.15) is 0 Å². The second kappa shape index (κ2) is 4.82. The molecule has 1 atom stereocenters. The molecule has 0 aliphatic heterocycles. The van der Waals surface area contributed by atoms with E-state index in [-0.39, 0.29) is 5.82 Å². The van der Waals surface area contributed by atoms with Crippen LogP contribution in [0.3, 0.4) is 0 Å². The summed E-state index contributed by atoms with van der Waals surface area (Å²) in [5, 5.41) is 10.2. The van der Waals surface area contributed by atoms with E-state index in [1.54, 1.807) is 12.1 Å². The second-order valence-corrected chi connectivity index (χ2v) is 5.53. The van der Waals surface area contributed by atoms with Crippen molar-refractivity contribution in [2.45, 2.75) is 25.5 Å². The number of hydrogen-bond acceptors (Lipinski definition) is 2. The van der Waals surface area contributed by atoms with Crippen LogP contribution in [-0.2, 0) is 0 Å². The highest BCUT2D eigenvalue weighted by Crippen LogP contribution is 2.32. The van der Waals surface area contributed by atoms with E-state index in [4.69, 9.17) is 0 Å². The van der Waals surface area contributed by atoms with Crippen molar-refractivity contribution in [3.63, 3.8) is 0 Å². The molecule has 2 nitrogen and oxygen atoms in total. The highest BCUT2D eigenvalue weighted by atomic mass is 79.9. The van der Waals surface area contributed by atoms with Crippen molar-refractivity contribution in [2.24, 2.45) is 0 Å². The fourth-order valence-electron chi connectivity index (χ4n) is 1.35. The first-order chi connectivity index (χ1) is 7.26. The van der Waals surface area contributed by atoms with Gasteiger partial charge in [0.25, 0.3) is 0 Å². The van der Waals surface area contributed by atoms with Crippen LogP contribution in [0.4, 0.5) is 4.39 Å². The third kappa shape index (κ3) is 2.62. The van der Waals surface area contributed by atoms with Crippen molar-refractivity contribution in [1.29, 1.82) is 0 Å². The van der Waals surface area contributed by atoms with Crippen molar-refractivity contribution in [2.75, 3.05) is 14.1 Å². The second-order valence-electron chi connectivity index (χ2n) is 4.62. The Balaban J connectivity index is 3.14. The number of hydrogen-bond donors (Lipinski definition) is 1. The molecule has 1 unspecified atom stereocenters. The Morgan fingerprint density at radius 3 is 2.44 bits per heavy atom. The van der Waals surface area contributed by atoms with Gasteiger partial charge in [0.2, 0.25) is 0 Å². The molecule has 1 N–H and O–H groups in total. The summed E-state index contributed by atoms with van der Waals surface area (Å²) in [5.41, 5.74) is -0.213. The van der Waals surface area contributed by atoms with Crippen LogP contribution >= 0.6 is 15.9 Å². The van der Waals surface area contributed by atoms with Crippen LogP contribution < -0.4 is 0 Å². The predicted octanol–water partition coefficient (Wildman–Crippen LogP) is 2.96. The van der Waals surface area contributed by atoms with Crippen molar-refractivity contribution in [1.82, 2.24) is 4.90 Å². The van der Waals surface area contributed by atoms with Crippen LogP contribution in [0.15, 0.2) is 22.7 Å². The highest BCUT2D eigenvalue weighted by molar-refractivity contribution is 9.10. The third-order valence-electron chi connectivity index (χ3n) is 3.07. The van der Waals surface area contributed by atoms with Crippen molar-refractivity contribution in [3.05, 3.63) is 34.1 Å². The molecule has 0 aliphatic carbocycles. The summed E-state index contributed by atoms with van der Waals surface area (Å²) >= 11 is 3.28. The lowest BCUT2D eigenvalue weighted by Crippen LogP contribution is -2.44. The van der Waals surface area contributed by atoms with Crippen LogP contribution in [0.1, 0.15) is 25.5 Å². The molecule has 0 fully saturated rings. The Morgan fingerprint density at radius 2 is 1.94 bits per heavy atom. The first-order valence-electron chi connectivity index (χ1n) is 5.07. The van der Waals surface area contributed by atoms with E-state index >= 15 is 0 Å². The zero-order valence-corrected chi connectivity index (χ0v) is 11.5. The Kier molecular flexibility index (Phi) is 4.10. The maximum absolute atomic E-state index is 13.6. The molecule has 1 aromatic carbocycles. The van der Waals surface area contributed by atoms with Gasteiger partial charge in [-0.3, -0.25) is 0 Å². The molecule has 0 amide bonds. The smallest absolute Gasteiger partial charge is 0.129 e. The summed E-state index contributed by atoms with van der Waals surface area (Å²) in [6.07, 6.45) is -0.875. The molecule has 4 heteroatoms. The van der Waals surface area contributed by atoms with Crippen molar-refractivity contribution < 1.29 is 9.50 Å². The number of likely N-dealkylation sites (N-methyl/N-ethyl adjacent to an activating group) is 1. The molecule has 1 aromatic rings. The molecule has 16 heavy (non-hydrogen) atoms. The van der Waals surface area contributed by atoms with Gasteiger partial charge in [0, 0.05) is 15.6 Å². The minimum Gasteiger partial charge on any atom is -0.386 e. The number of halogens is 2. The average Bonchev–Trinajstić information content (AvgIpc) is 2.20. The number of aliphatic hydroxyl groups excluding tert-OH is 1. The molecule has 0 aliphatic rings. The Labute approximate surface area is 104 Å². The SMILES string of the molecule is CN(C)C(C)(C)C(O)c1cc(Br)ccc1F. The lowest BCUT2D eigenvalue weighted by molar-refractivity contribution is 0.0141. The molecular weight excluding hydrogens is 273 g/mol. The van der Waals surface area contributed by atoms with Gasteiger partial charge in [0.1, 0.15) is 5.82 Å². The lowest BCUT2D eigenvalue weighted by Gasteiger charge is -2.37. The van der Waals surface area contributed by atoms with Gasteiger partial charge in [-0.25, -0.2) is 4.39 Å². The molecule has 0 saturated heterocycles. The number of rotatable bonds is 3. The number of aliphatic hydroxyl groups is 1. The van der Waals surface area contributed by atoms with E-state index in [1.807, 2.05) is 32.8 Å². The molecule has 0 aromatic heterocycles. The van der Waals surface area contributed by atoms with Crippen molar-refractivity contribution in [3.8, 4) is 0 Å². The molecule has 0 spiro atoms. The predicted molar refractivity (Wildman–Crippen MR) is 66.8 cm³/mol. The van der Waals surface area contributed by atoms with Crippen molar-refractivity contribution >= 4 is 15.9 Å². The van der Waals surface area contributed by atoms with E-state index in [0.29, 0.717) is 5.56 Å². The Morgan fingerprint density at radius 1 is 1.38 bits per heavy atom. The Hall–Kier alpha value is -0.450. The van der Waals surface area contributed by atoms with Gasteiger partial charge in [0.15, 0.2) is 0 Å². The van der Waals surface area contributed by atoms with Gasteiger partial charge in [-0.05, 0) is 46.1 Å². The monoisotopic (exact) mass is 289 g/mol. The fourth-order valence-corrected chi connectivity index (χ4v) is 1.73. The molecule has 90 valence electrons. The molecule has 0 heterocycles. The summed E-state index contributed by atoms with van der Waals surface area (Å²) in [4.78, 5) is 1.87. The minimum atomic E-state index is -0.875. The standard InChI is InChI=1S/C12H17BrFNO/c1-12(2,15(3)4)11(16)9-7-8(13)5-6-10(9)14/h5-7,11,16H,1-4H3. The summed E-state index contributed by atoms with van der Waals surface area (Å²) in [5.74, 6) is -0.384. The van der Waals surface area contributed by atoms with Crippen LogP contribution in [-0.4, -0.2) is 29.6 Å². The van der Waals surface area contributed by atoms with Crippen LogP contribution in [0, 0.1) is 5.82 Å². The molecule has 0 radical (unpaired) electrons. The normalized spacial score (nSPS) is 14.2. The maximum Gasteiger partial charge on any atom is 0.129 e. The summed E-state index contributed by atoms with van der Waals surface area (Å²) < 4.78 is 14.4. The van der Waals surface area contributed by atoms with E-state index in [1.165, 1.54) is 6.07 Å². The fraction of sp³-hybridized carbons (Fsp3) is 0.500. The van der Waals surface area contributed by atoms with Crippen LogP contribution in [0.5, 0.6) is 0 Å². The van der Waals surface area contributed by atoms with Gasteiger partial charge < -0.3 is 10.0 Å². The van der Waals surface area contributed by atoms with Gasteiger partial charge in [-0.1, -0.05) is 15.9 Å². The topological polar surface area (TPSA) is 23.5 Å². The number of nitrogens with zero attached hydrogens (tertiary/aromatic N) is 1. The van der Waals surface area contributed by atoms with Gasteiger partial charge >= 0.3 is 0 Å². The largest absolute Gasteiger partial charge is 0.386 e. The third-order valence-corrected chi connectivity index (χ3v) is 3.57. The zero-order chi connectivity index (χ0) is 12.5. The van der Waals surface area contributed by atoms with Gasteiger partial charge in [0.05, 0.1) is 6.10 Å². The quantitative estimate of drug-likeness (QED) is 0.925. The maximum atomic E-state index is 13.6. The summed E-state index contributed by atoms with van der Waals surface area (Å²) in [7, 11) is 3.72.